The van der Waals surface area contributed by atoms with Gasteiger partial charge in [-0.1, -0.05) is 13.8 Å². The number of hydrogen-bond acceptors (Lipinski definition) is 5. The maximum Gasteiger partial charge on any atom is 0.224 e. The van der Waals surface area contributed by atoms with Crippen molar-refractivity contribution < 1.29 is 4.39 Å². The molecule has 0 saturated carbocycles. The summed E-state index contributed by atoms with van der Waals surface area (Å²) in [5.74, 6) is 0.602. The van der Waals surface area contributed by atoms with Gasteiger partial charge in [-0.2, -0.15) is 4.98 Å². The molecule has 20 heavy (non-hydrogen) atoms. The molecule has 1 aromatic heterocycles. The van der Waals surface area contributed by atoms with Crippen molar-refractivity contribution in [3.8, 4) is 0 Å². The van der Waals surface area contributed by atoms with Crippen LogP contribution < -0.4 is 10.2 Å². The minimum atomic E-state index is -0.337. The van der Waals surface area contributed by atoms with E-state index in [9.17, 15) is 4.39 Å². The Morgan fingerprint density at radius 1 is 1.20 bits per heavy atom. The van der Waals surface area contributed by atoms with E-state index in [1.807, 2.05) is 4.90 Å². The van der Waals surface area contributed by atoms with Gasteiger partial charge in [-0.25, -0.2) is 9.37 Å². The molecule has 0 aromatic carbocycles. The molecule has 0 aliphatic carbocycles. The van der Waals surface area contributed by atoms with E-state index in [1.165, 1.54) is 6.20 Å². The molecule has 5 nitrogen and oxygen atoms in total. The maximum atomic E-state index is 13.9. The van der Waals surface area contributed by atoms with Crippen molar-refractivity contribution in [2.24, 2.45) is 0 Å². The van der Waals surface area contributed by atoms with Gasteiger partial charge in [0.2, 0.25) is 5.95 Å². The number of piperazine rings is 1. The highest BCUT2D eigenvalue weighted by Crippen LogP contribution is 2.19. The lowest BCUT2D eigenvalue weighted by atomic mass is 10.3. The van der Waals surface area contributed by atoms with Gasteiger partial charge in [0.15, 0.2) is 11.6 Å². The zero-order valence-corrected chi connectivity index (χ0v) is 12.4. The van der Waals surface area contributed by atoms with E-state index in [0.29, 0.717) is 11.8 Å². The lowest BCUT2D eigenvalue weighted by molar-refractivity contribution is 0.257. The molecule has 0 bridgehead atoms. The van der Waals surface area contributed by atoms with Crippen LogP contribution in [0.1, 0.15) is 26.7 Å². The van der Waals surface area contributed by atoms with Gasteiger partial charge in [0, 0.05) is 32.7 Å². The Morgan fingerprint density at radius 3 is 2.60 bits per heavy atom. The normalized spacial score (nSPS) is 16.4. The predicted octanol–water partition coefficient (Wildman–Crippen LogP) is 1.97. The number of halogens is 1. The van der Waals surface area contributed by atoms with Crippen LogP contribution in [0.25, 0.3) is 0 Å². The Labute approximate surface area is 120 Å². The molecule has 0 spiro atoms. The molecule has 1 aliphatic rings. The molecule has 2 heterocycles. The standard InChI is InChI=1S/C14H24FN5/c1-3-5-16-14-17-11-12(15)13(18-14)20-9-7-19(6-4-2)8-10-20/h11H,3-10H2,1-2H3,(H,16,17,18). The van der Waals surface area contributed by atoms with E-state index < -0.39 is 0 Å². The van der Waals surface area contributed by atoms with Gasteiger partial charge < -0.3 is 10.2 Å². The monoisotopic (exact) mass is 281 g/mol. The quantitative estimate of drug-likeness (QED) is 0.863. The van der Waals surface area contributed by atoms with Gasteiger partial charge in [0.1, 0.15) is 0 Å². The topological polar surface area (TPSA) is 44.3 Å². The highest BCUT2D eigenvalue weighted by atomic mass is 19.1. The van der Waals surface area contributed by atoms with E-state index in [-0.39, 0.29) is 5.82 Å². The van der Waals surface area contributed by atoms with Crippen LogP contribution in [0.15, 0.2) is 6.20 Å². The van der Waals surface area contributed by atoms with Gasteiger partial charge >= 0.3 is 0 Å². The average Bonchev–Trinajstić information content (AvgIpc) is 2.48. The molecular formula is C14H24FN5. The highest BCUT2D eigenvalue weighted by molar-refractivity contribution is 5.44. The molecule has 6 heteroatoms. The number of anilines is 2. The number of nitrogens with one attached hydrogen (secondary N) is 1. The van der Waals surface area contributed by atoms with E-state index in [0.717, 1.165) is 52.1 Å². The number of rotatable bonds is 6. The molecule has 1 N–H and O–H groups in total. The first-order valence-corrected chi connectivity index (χ1v) is 7.48. The highest BCUT2D eigenvalue weighted by Gasteiger charge is 2.20. The first-order valence-electron chi connectivity index (χ1n) is 7.48. The summed E-state index contributed by atoms with van der Waals surface area (Å²) < 4.78 is 13.9. The maximum absolute atomic E-state index is 13.9. The third kappa shape index (κ3) is 3.79. The summed E-state index contributed by atoms with van der Waals surface area (Å²) in [5.41, 5.74) is 0. The summed E-state index contributed by atoms with van der Waals surface area (Å²) in [5, 5.41) is 3.10. The Bertz CT molecular complexity index is 418. The molecular weight excluding hydrogens is 257 g/mol. The molecule has 1 fully saturated rings. The van der Waals surface area contributed by atoms with Crippen molar-refractivity contribution in [2.75, 3.05) is 49.5 Å². The van der Waals surface area contributed by atoms with Crippen molar-refractivity contribution in [2.45, 2.75) is 26.7 Å². The fourth-order valence-corrected chi connectivity index (χ4v) is 2.40. The third-order valence-electron chi connectivity index (χ3n) is 3.47. The van der Waals surface area contributed by atoms with Crippen LogP contribution in [0.2, 0.25) is 0 Å². The fourth-order valence-electron chi connectivity index (χ4n) is 2.40. The van der Waals surface area contributed by atoms with Crippen LogP contribution in [0.4, 0.5) is 16.2 Å². The molecule has 0 atom stereocenters. The molecule has 1 aromatic rings. The van der Waals surface area contributed by atoms with Crippen LogP contribution in [0.3, 0.4) is 0 Å². The Kier molecular flexibility index (Phi) is 5.52. The van der Waals surface area contributed by atoms with Crippen LogP contribution in [-0.4, -0.2) is 54.1 Å². The molecule has 1 aliphatic heterocycles. The largest absolute Gasteiger partial charge is 0.354 e. The van der Waals surface area contributed by atoms with E-state index in [2.05, 4.69) is 34.0 Å². The van der Waals surface area contributed by atoms with E-state index in [1.54, 1.807) is 0 Å². The van der Waals surface area contributed by atoms with Gasteiger partial charge in [0.25, 0.3) is 0 Å². The van der Waals surface area contributed by atoms with Crippen molar-refractivity contribution in [3.05, 3.63) is 12.0 Å². The van der Waals surface area contributed by atoms with Gasteiger partial charge in [-0.05, 0) is 19.4 Å². The predicted molar refractivity (Wildman–Crippen MR) is 79.7 cm³/mol. The van der Waals surface area contributed by atoms with Gasteiger partial charge in [-0.15, -0.1) is 0 Å². The second kappa shape index (κ2) is 7.38. The van der Waals surface area contributed by atoms with Gasteiger partial charge in [-0.3, -0.25) is 4.90 Å². The third-order valence-corrected chi connectivity index (χ3v) is 3.47. The Balaban J connectivity index is 2.01. The van der Waals surface area contributed by atoms with Gasteiger partial charge in [0.05, 0.1) is 6.20 Å². The summed E-state index contributed by atoms with van der Waals surface area (Å²) in [6.45, 7) is 9.75. The van der Waals surface area contributed by atoms with Crippen molar-refractivity contribution in [1.29, 1.82) is 0 Å². The average molecular weight is 281 g/mol. The number of hydrogen-bond donors (Lipinski definition) is 1. The zero-order valence-electron chi connectivity index (χ0n) is 12.4. The Hall–Kier alpha value is -1.43. The summed E-state index contributed by atoms with van der Waals surface area (Å²) in [4.78, 5) is 12.7. The molecule has 1 saturated heterocycles. The molecule has 2 rings (SSSR count). The van der Waals surface area contributed by atoms with Crippen LogP contribution in [-0.2, 0) is 0 Å². The smallest absolute Gasteiger partial charge is 0.224 e. The second-order valence-corrected chi connectivity index (χ2v) is 5.12. The molecule has 0 unspecified atom stereocenters. The summed E-state index contributed by atoms with van der Waals surface area (Å²) in [6, 6.07) is 0. The number of nitrogens with zero attached hydrogens (tertiary/aromatic N) is 4. The molecule has 0 amide bonds. The summed E-state index contributed by atoms with van der Waals surface area (Å²) in [6.07, 6.45) is 3.41. The van der Waals surface area contributed by atoms with Crippen LogP contribution in [0.5, 0.6) is 0 Å². The summed E-state index contributed by atoms with van der Waals surface area (Å²) in [7, 11) is 0. The van der Waals surface area contributed by atoms with Crippen molar-refractivity contribution >= 4 is 11.8 Å². The van der Waals surface area contributed by atoms with Crippen molar-refractivity contribution in [3.63, 3.8) is 0 Å². The minimum absolute atomic E-state index is 0.337. The van der Waals surface area contributed by atoms with Crippen LogP contribution >= 0.6 is 0 Å². The SMILES string of the molecule is CCCNc1ncc(F)c(N2CCN(CCC)CC2)n1. The van der Waals surface area contributed by atoms with E-state index >= 15 is 0 Å². The lowest BCUT2D eigenvalue weighted by Crippen LogP contribution is -2.47. The Morgan fingerprint density at radius 2 is 1.95 bits per heavy atom. The first-order chi connectivity index (χ1) is 9.74. The van der Waals surface area contributed by atoms with Crippen LogP contribution in [0, 0.1) is 5.82 Å². The molecule has 0 radical (unpaired) electrons. The molecule has 112 valence electrons. The lowest BCUT2D eigenvalue weighted by Gasteiger charge is -2.35. The van der Waals surface area contributed by atoms with Crippen molar-refractivity contribution in [1.82, 2.24) is 14.9 Å². The zero-order chi connectivity index (χ0) is 14.4. The summed E-state index contributed by atoms with van der Waals surface area (Å²) >= 11 is 0. The minimum Gasteiger partial charge on any atom is -0.354 e. The second-order valence-electron chi connectivity index (χ2n) is 5.12. The fraction of sp³-hybridized carbons (Fsp3) is 0.714. The first kappa shape index (κ1) is 15.0. The number of aromatic nitrogens is 2. The van der Waals surface area contributed by atoms with E-state index in [4.69, 9.17) is 0 Å².